The minimum absolute atomic E-state index is 0.371. The van der Waals surface area contributed by atoms with Gasteiger partial charge in [0.15, 0.2) is 0 Å². The second-order valence-electron chi connectivity index (χ2n) is 4.01. The zero-order valence-electron chi connectivity index (χ0n) is 9.31. The Labute approximate surface area is 105 Å². The quantitative estimate of drug-likeness (QED) is 0.697. The van der Waals surface area contributed by atoms with Crippen molar-refractivity contribution in [2.75, 3.05) is 0 Å². The normalized spacial score (nSPS) is 14.4. The van der Waals surface area contributed by atoms with Gasteiger partial charge in [0.2, 0.25) is 0 Å². The lowest BCUT2D eigenvalue weighted by molar-refractivity contribution is 0.752. The number of alkyl halides is 1. The summed E-state index contributed by atoms with van der Waals surface area (Å²) < 4.78 is 0. The zero-order chi connectivity index (χ0) is 11.4. The van der Waals surface area contributed by atoms with Gasteiger partial charge in [0, 0.05) is 4.83 Å². The van der Waals surface area contributed by atoms with E-state index in [2.05, 4.69) is 83.5 Å². The molecule has 2 aromatic carbocycles. The van der Waals surface area contributed by atoms with Crippen molar-refractivity contribution in [3.05, 3.63) is 71.8 Å². The molecule has 0 bridgehead atoms. The topological polar surface area (TPSA) is 0 Å². The van der Waals surface area contributed by atoms with Gasteiger partial charge in [-0.05, 0) is 17.0 Å². The number of benzene rings is 2. The van der Waals surface area contributed by atoms with Gasteiger partial charge in [0.1, 0.15) is 0 Å². The highest BCUT2D eigenvalue weighted by molar-refractivity contribution is 9.09. The minimum atomic E-state index is 0.371. The van der Waals surface area contributed by atoms with E-state index in [0.29, 0.717) is 10.7 Å². The summed E-state index contributed by atoms with van der Waals surface area (Å²) in [6.45, 7) is 2.25. The van der Waals surface area contributed by atoms with Crippen LogP contribution in [0.2, 0.25) is 0 Å². The van der Waals surface area contributed by atoms with E-state index >= 15 is 0 Å². The first-order valence-electron chi connectivity index (χ1n) is 5.53. The van der Waals surface area contributed by atoms with Crippen molar-refractivity contribution in [2.45, 2.75) is 17.7 Å². The van der Waals surface area contributed by atoms with E-state index in [-0.39, 0.29) is 0 Å². The standard InChI is InChI=1S/C15H15Br/c1-12(13-8-4-2-5-9-13)15(16)14-10-6-3-7-11-14/h2-12,15H,1H3. The third kappa shape index (κ3) is 2.53. The first-order valence-corrected chi connectivity index (χ1v) is 6.44. The fraction of sp³-hybridized carbons (Fsp3) is 0.200. The van der Waals surface area contributed by atoms with Crippen molar-refractivity contribution in [1.29, 1.82) is 0 Å². The highest BCUT2D eigenvalue weighted by Crippen LogP contribution is 2.37. The molecule has 0 saturated heterocycles. The Morgan fingerprint density at radius 2 is 1.19 bits per heavy atom. The highest BCUT2D eigenvalue weighted by atomic mass is 79.9. The molecule has 1 heteroatoms. The van der Waals surface area contributed by atoms with Crippen LogP contribution in [-0.4, -0.2) is 0 Å². The first kappa shape index (κ1) is 11.4. The Morgan fingerprint density at radius 3 is 1.69 bits per heavy atom. The van der Waals surface area contributed by atoms with Gasteiger partial charge in [-0.3, -0.25) is 0 Å². The van der Waals surface area contributed by atoms with Gasteiger partial charge in [0.05, 0.1) is 0 Å². The van der Waals surface area contributed by atoms with Crippen LogP contribution in [0.3, 0.4) is 0 Å². The third-order valence-electron chi connectivity index (χ3n) is 2.88. The van der Waals surface area contributed by atoms with Crippen molar-refractivity contribution in [1.82, 2.24) is 0 Å². The van der Waals surface area contributed by atoms with Crippen LogP contribution >= 0.6 is 15.9 Å². The zero-order valence-corrected chi connectivity index (χ0v) is 10.9. The first-order chi connectivity index (χ1) is 7.79. The second-order valence-corrected chi connectivity index (χ2v) is 5.00. The Morgan fingerprint density at radius 1 is 0.750 bits per heavy atom. The minimum Gasteiger partial charge on any atom is -0.0832 e. The molecule has 0 aliphatic carbocycles. The third-order valence-corrected chi connectivity index (χ3v) is 4.20. The molecular weight excluding hydrogens is 260 g/mol. The smallest absolute Gasteiger partial charge is 0.0461 e. The Bertz CT molecular complexity index is 378. The molecule has 0 radical (unpaired) electrons. The summed E-state index contributed by atoms with van der Waals surface area (Å²) in [5.41, 5.74) is 2.70. The van der Waals surface area contributed by atoms with Crippen molar-refractivity contribution in [2.24, 2.45) is 0 Å². The molecule has 0 aliphatic heterocycles. The molecule has 2 rings (SSSR count). The predicted octanol–water partition coefficient (Wildman–Crippen LogP) is 4.93. The lowest BCUT2D eigenvalue weighted by Gasteiger charge is -2.19. The molecule has 0 heterocycles. The van der Waals surface area contributed by atoms with Crippen LogP contribution in [0, 0.1) is 0 Å². The molecule has 0 amide bonds. The van der Waals surface area contributed by atoms with E-state index in [1.54, 1.807) is 0 Å². The van der Waals surface area contributed by atoms with Gasteiger partial charge in [-0.15, -0.1) is 0 Å². The van der Waals surface area contributed by atoms with Crippen LogP contribution in [0.25, 0.3) is 0 Å². The molecule has 16 heavy (non-hydrogen) atoms. The van der Waals surface area contributed by atoms with E-state index in [0.717, 1.165) is 0 Å². The molecule has 0 nitrogen and oxygen atoms in total. The van der Waals surface area contributed by atoms with Crippen LogP contribution < -0.4 is 0 Å². The van der Waals surface area contributed by atoms with Crippen LogP contribution in [-0.2, 0) is 0 Å². The number of rotatable bonds is 3. The maximum Gasteiger partial charge on any atom is 0.0461 e. The van der Waals surface area contributed by atoms with Crippen LogP contribution in [0.1, 0.15) is 28.8 Å². The molecular formula is C15H15Br. The van der Waals surface area contributed by atoms with Gasteiger partial charge >= 0.3 is 0 Å². The largest absolute Gasteiger partial charge is 0.0832 e. The van der Waals surface area contributed by atoms with Crippen LogP contribution in [0.5, 0.6) is 0 Å². The fourth-order valence-corrected chi connectivity index (χ4v) is 2.46. The van der Waals surface area contributed by atoms with E-state index in [1.807, 2.05) is 0 Å². The van der Waals surface area contributed by atoms with Gasteiger partial charge in [-0.2, -0.15) is 0 Å². The second kappa shape index (κ2) is 5.31. The molecule has 0 aromatic heterocycles. The molecule has 0 saturated carbocycles. The van der Waals surface area contributed by atoms with Crippen LogP contribution in [0.4, 0.5) is 0 Å². The molecule has 2 unspecified atom stereocenters. The predicted molar refractivity (Wildman–Crippen MR) is 73.0 cm³/mol. The number of hydrogen-bond donors (Lipinski definition) is 0. The molecule has 82 valence electrons. The van der Waals surface area contributed by atoms with Crippen molar-refractivity contribution < 1.29 is 0 Å². The van der Waals surface area contributed by atoms with Crippen molar-refractivity contribution >= 4 is 15.9 Å². The number of hydrogen-bond acceptors (Lipinski definition) is 0. The lowest BCUT2D eigenvalue weighted by Crippen LogP contribution is -2.01. The molecule has 0 N–H and O–H groups in total. The Hall–Kier alpha value is -1.08. The Balaban J connectivity index is 2.20. The lowest BCUT2D eigenvalue weighted by atomic mass is 9.94. The molecule has 0 spiro atoms. The van der Waals surface area contributed by atoms with Gasteiger partial charge in [-0.1, -0.05) is 83.5 Å². The summed E-state index contributed by atoms with van der Waals surface area (Å²) in [5.74, 6) is 0.476. The maximum atomic E-state index is 3.79. The average molecular weight is 275 g/mol. The summed E-state index contributed by atoms with van der Waals surface area (Å²) >= 11 is 3.79. The van der Waals surface area contributed by atoms with Crippen molar-refractivity contribution in [3.63, 3.8) is 0 Å². The van der Waals surface area contributed by atoms with E-state index in [9.17, 15) is 0 Å². The number of halogens is 1. The van der Waals surface area contributed by atoms with Gasteiger partial charge in [-0.25, -0.2) is 0 Å². The van der Waals surface area contributed by atoms with Gasteiger partial charge < -0.3 is 0 Å². The summed E-state index contributed by atoms with van der Waals surface area (Å²) in [4.78, 5) is 0.371. The van der Waals surface area contributed by atoms with Crippen LogP contribution in [0.15, 0.2) is 60.7 Å². The highest BCUT2D eigenvalue weighted by Gasteiger charge is 2.16. The molecule has 2 aromatic rings. The van der Waals surface area contributed by atoms with E-state index in [4.69, 9.17) is 0 Å². The molecule has 0 aliphatic rings. The summed E-state index contributed by atoms with van der Waals surface area (Å²) in [7, 11) is 0. The van der Waals surface area contributed by atoms with Gasteiger partial charge in [0.25, 0.3) is 0 Å². The molecule has 2 atom stereocenters. The summed E-state index contributed by atoms with van der Waals surface area (Å²) in [6, 6.07) is 21.2. The van der Waals surface area contributed by atoms with E-state index in [1.165, 1.54) is 11.1 Å². The summed E-state index contributed by atoms with van der Waals surface area (Å²) in [5, 5.41) is 0. The monoisotopic (exact) mass is 274 g/mol. The average Bonchev–Trinajstić information content (AvgIpc) is 2.39. The van der Waals surface area contributed by atoms with E-state index < -0.39 is 0 Å². The SMILES string of the molecule is CC(c1ccccc1)C(Br)c1ccccc1. The Kier molecular flexibility index (Phi) is 3.79. The summed E-state index contributed by atoms with van der Waals surface area (Å²) in [6.07, 6.45) is 0. The maximum absolute atomic E-state index is 3.79. The van der Waals surface area contributed by atoms with Crippen molar-refractivity contribution in [3.8, 4) is 0 Å². The fourth-order valence-electron chi connectivity index (χ4n) is 1.85. The molecule has 0 fully saturated rings.